The molecule has 3 fully saturated rings. The number of nitrogens with zero attached hydrogens (tertiary/aromatic N) is 3. The second kappa shape index (κ2) is 6.61. The molecule has 4 heterocycles. The molecule has 3 amide bonds. The lowest BCUT2D eigenvalue weighted by atomic mass is 9.75. The highest BCUT2D eigenvalue weighted by Gasteiger charge is 2.74. The first-order chi connectivity index (χ1) is 15.8. The second-order valence-corrected chi connectivity index (χ2v) is 9.49. The number of nitrogens with one attached hydrogen (secondary N) is 1. The molecule has 0 unspecified atom stereocenters. The molecular formula is C23H19ClN4O5. The van der Waals surface area contributed by atoms with Gasteiger partial charge in [-0.15, -0.1) is 0 Å². The normalized spacial score (nSPS) is 30.1. The largest absolute Gasteiger partial charge is 0.324 e. The van der Waals surface area contributed by atoms with Gasteiger partial charge in [-0.25, -0.2) is 4.90 Å². The number of aryl methyl sites for hydroxylation is 1. The van der Waals surface area contributed by atoms with E-state index in [-0.39, 0.29) is 23.3 Å². The number of hydrogen-bond acceptors (Lipinski definition) is 6. The molecule has 4 aliphatic heterocycles. The zero-order valence-corrected chi connectivity index (χ0v) is 18.3. The van der Waals surface area contributed by atoms with Crippen molar-refractivity contribution in [2.24, 2.45) is 11.8 Å². The predicted octanol–water partition coefficient (Wildman–Crippen LogP) is 2.99. The number of carbonyl (C=O) groups excluding carboxylic acids is 3. The van der Waals surface area contributed by atoms with Gasteiger partial charge in [-0.05, 0) is 50.6 Å². The Morgan fingerprint density at radius 2 is 1.94 bits per heavy atom. The maximum atomic E-state index is 13.9. The standard InChI is InChI=1S/C23H19ClN4O5/c1-11-4-6-13(10-17(11)28(32)33)27-20(29)18-16-3-2-8-26(16)23(19(18)21(27)30)14-9-12(24)5-7-15(14)25-22(23)31/h4-7,9-10,16,18-19H,2-3,8H2,1H3,(H,25,31)/t16-,18-,19-,23+/m0/s1. The van der Waals surface area contributed by atoms with Crippen LogP contribution in [0.1, 0.15) is 24.0 Å². The Kier molecular flexibility index (Phi) is 4.07. The third-order valence-electron chi connectivity index (χ3n) is 7.60. The first-order valence-electron chi connectivity index (χ1n) is 10.8. The van der Waals surface area contributed by atoms with E-state index in [1.165, 1.54) is 18.2 Å². The quantitative estimate of drug-likeness (QED) is 0.413. The molecule has 33 heavy (non-hydrogen) atoms. The van der Waals surface area contributed by atoms with E-state index in [0.717, 1.165) is 11.3 Å². The topological polar surface area (TPSA) is 113 Å². The molecule has 1 spiro atoms. The molecule has 0 aliphatic carbocycles. The van der Waals surface area contributed by atoms with Crippen LogP contribution in [0.25, 0.3) is 0 Å². The van der Waals surface area contributed by atoms with E-state index in [1.807, 2.05) is 4.90 Å². The zero-order chi connectivity index (χ0) is 23.2. The molecular weight excluding hydrogens is 448 g/mol. The van der Waals surface area contributed by atoms with Crippen LogP contribution in [0, 0.1) is 28.9 Å². The van der Waals surface area contributed by atoms with Crippen molar-refractivity contribution in [3.8, 4) is 0 Å². The van der Waals surface area contributed by atoms with Crippen molar-refractivity contribution in [1.29, 1.82) is 0 Å². The minimum Gasteiger partial charge on any atom is -0.324 e. The minimum atomic E-state index is -1.33. The van der Waals surface area contributed by atoms with Crippen LogP contribution in [0.15, 0.2) is 36.4 Å². The molecule has 9 nitrogen and oxygen atoms in total. The lowest BCUT2D eigenvalue weighted by molar-refractivity contribution is -0.385. The molecule has 4 aliphatic rings. The smallest absolute Gasteiger partial charge is 0.274 e. The van der Waals surface area contributed by atoms with Gasteiger partial charge in [0.05, 0.1) is 22.4 Å². The highest BCUT2D eigenvalue weighted by molar-refractivity contribution is 6.31. The summed E-state index contributed by atoms with van der Waals surface area (Å²) in [7, 11) is 0. The Morgan fingerprint density at radius 1 is 1.15 bits per heavy atom. The van der Waals surface area contributed by atoms with Crippen LogP contribution in [-0.2, 0) is 19.9 Å². The van der Waals surface area contributed by atoms with E-state index in [9.17, 15) is 24.5 Å². The summed E-state index contributed by atoms with van der Waals surface area (Å²) in [6.07, 6.45) is 1.49. The van der Waals surface area contributed by atoms with Crippen LogP contribution in [0.5, 0.6) is 0 Å². The average Bonchev–Trinajstić information content (AvgIpc) is 3.47. The number of anilines is 2. The first kappa shape index (κ1) is 20.3. The molecule has 1 N–H and O–H groups in total. The Labute approximate surface area is 193 Å². The SMILES string of the molecule is Cc1ccc(N2C(=O)[C@@H]3[C@@H](C2=O)[C@]2(C(=O)Nc4ccc(Cl)cc42)N2CCC[C@@H]32)cc1[N+](=O)[O-]. The van der Waals surface area contributed by atoms with Crippen LogP contribution in [0.2, 0.25) is 5.02 Å². The van der Waals surface area contributed by atoms with E-state index in [1.54, 1.807) is 25.1 Å². The van der Waals surface area contributed by atoms with Gasteiger partial charge < -0.3 is 5.32 Å². The molecule has 4 atom stereocenters. The van der Waals surface area contributed by atoms with Gasteiger partial charge in [0.2, 0.25) is 17.7 Å². The molecule has 0 aromatic heterocycles. The lowest BCUT2D eigenvalue weighted by Crippen LogP contribution is -2.54. The number of rotatable bonds is 2. The highest BCUT2D eigenvalue weighted by Crippen LogP contribution is 2.61. The summed E-state index contributed by atoms with van der Waals surface area (Å²) in [6.45, 7) is 2.19. The number of amides is 3. The maximum absolute atomic E-state index is 13.9. The van der Waals surface area contributed by atoms with Gasteiger partial charge in [-0.1, -0.05) is 17.7 Å². The third-order valence-corrected chi connectivity index (χ3v) is 7.84. The maximum Gasteiger partial charge on any atom is 0.274 e. The fraction of sp³-hybridized carbons (Fsp3) is 0.348. The molecule has 0 radical (unpaired) electrons. The van der Waals surface area contributed by atoms with Gasteiger partial charge in [0.25, 0.3) is 5.69 Å². The molecule has 2 aromatic rings. The molecule has 6 rings (SSSR count). The minimum absolute atomic E-state index is 0.154. The van der Waals surface area contributed by atoms with Crippen molar-refractivity contribution in [1.82, 2.24) is 4.90 Å². The molecule has 0 saturated carbocycles. The van der Waals surface area contributed by atoms with Crippen LogP contribution in [0.3, 0.4) is 0 Å². The fourth-order valence-electron chi connectivity index (χ4n) is 6.36. The molecule has 0 bridgehead atoms. The van der Waals surface area contributed by atoms with Gasteiger partial charge in [0.15, 0.2) is 0 Å². The summed E-state index contributed by atoms with van der Waals surface area (Å²) in [5.41, 5.74) is 0.279. The second-order valence-electron chi connectivity index (χ2n) is 9.06. The fourth-order valence-corrected chi connectivity index (χ4v) is 6.54. The Bertz CT molecular complexity index is 1300. The monoisotopic (exact) mass is 466 g/mol. The average molecular weight is 467 g/mol. The highest BCUT2D eigenvalue weighted by atomic mass is 35.5. The number of nitro groups is 1. The molecule has 3 saturated heterocycles. The Balaban J connectivity index is 1.54. The van der Waals surface area contributed by atoms with E-state index in [4.69, 9.17) is 11.6 Å². The van der Waals surface area contributed by atoms with Crippen molar-refractivity contribution in [3.63, 3.8) is 0 Å². The summed E-state index contributed by atoms with van der Waals surface area (Å²) in [5, 5.41) is 14.8. The van der Waals surface area contributed by atoms with Crippen molar-refractivity contribution >= 4 is 46.4 Å². The van der Waals surface area contributed by atoms with Crippen molar-refractivity contribution < 1.29 is 19.3 Å². The summed E-state index contributed by atoms with van der Waals surface area (Å²) in [5.74, 6) is -2.91. The van der Waals surface area contributed by atoms with Crippen molar-refractivity contribution in [3.05, 3.63) is 62.7 Å². The zero-order valence-electron chi connectivity index (χ0n) is 17.6. The number of imide groups is 1. The number of carbonyl (C=O) groups is 3. The van der Waals surface area contributed by atoms with Gasteiger partial charge in [0.1, 0.15) is 5.54 Å². The van der Waals surface area contributed by atoms with Crippen molar-refractivity contribution in [2.75, 3.05) is 16.8 Å². The van der Waals surface area contributed by atoms with E-state index in [0.29, 0.717) is 34.8 Å². The van der Waals surface area contributed by atoms with Crippen LogP contribution >= 0.6 is 11.6 Å². The van der Waals surface area contributed by atoms with Crippen LogP contribution in [0.4, 0.5) is 17.1 Å². The van der Waals surface area contributed by atoms with Gasteiger partial charge in [-0.3, -0.25) is 29.4 Å². The number of hydrogen-bond donors (Lipinski definition) is 1. The summed E-state index contributed by atoms with van der Waals surface area (Å²) >= 11 is 6.29. The summed E-state index contributed by atoms with van der Waals surface area (Å²) < 4.78 is 0. The van der Waals surface area contributed by atoms with Crippen LogP contribution in [-0.4, -0.2) is 40.1 Å². The molecule has 2 aromatic carbocycles. The molecule has 10 heteroatoms. The Hall–Kier alpha value is -3.30. The Morgan fingerprint density at radius 3 is 2.70 bits per heavy atom. The number of halogens is 1. The van der Waals surface area contributed by atoms with E-state index < -0.39 is 34.1 Å². The lowest BCUT2D eigenvalue weighted by Gasteiger charge is -2.36. The van der Waals surface area contributed by atoms with Gasteiger partial charge >= 0.3 is 0 Å². The number of benzene rings is 2. The predicted molar refractivity (Wildman–Crippen MR) is 119 cm³/mol. The van der Waals surface area contributed by atoms with Crippen LogP contribution < -0.4 is 10.2 Å². The van der Waals surface area contributed by atoms with Gasteiger partial charge in [0, 0.05) is 33.9 Å². The van der Waals surface area contributed by atoms with Crippen molar-refractivity contribution in [2.45, 2.75) is 31.3 Å². The van der Waals surface area contributed by atoms with E-state index in [2.05, 4.69) is 5.32 Å². The number of nitro benzene ring substituents is 1. The number of fused-ring (bicyclic) bond motifs is 7. The summed E-state index contributed by atoms with van der Waals surface area (Å²) in [4.78, 5) is 55.1. The first-order valence-corrected chi connectivity index (χ1v) is 11.2. The van der Waals surface area contributed by atoms with Gasteiger partial charge in [-0.2, -0.15) is 0 Å². The summed E-state index contributed by atoms with van der Waals surface area (Å²) in [6, 6.07) is 9.13. The third kappa shape index (κ3) is 2.38. The molecule has 168 valence electrons. The van der Waals surface area contributed by atoms with E-state index >= 15 is 0 Å².